The van der Waals surface area contributed by atoms with Crippen LogP contribution >= 0.6 is 7.82 Å². The Morgan fingerprint density at radius 3 is 0.956 bits per heavy atom. The van der Waals surface area contributed by atoms with Gasteiger partial charge in [0.1, 0.15) is 19.8 Å². The molecular formula is C80H148NO8P. The molecule has 0 aliphatic carbocycles. The van der Waals surface area contributed by atoms with Crippen LogP contribution in [0.15, 0.2) is 72.9 Å². The molecule has 2 unspecified atom stereocenters. The van der Waals surface area contributed by atoms with Crippen LogP contribution < -0.4 is 4.89 Å². The van der Waals surface area contributed by atoms with Crippen molar-refractivity contribution < 1.29 is 42.1 Å². The van der Waals surface area contributed by atoms with Crippen molar-refractivity contribution in [2.45, 2.75) is 380 Å². The minimum absolute atomic E-state index is 0.0291. The third-order valence-electron chi connectivity index (χ3n) is 17.2. The zero-order valence-corrected chi connectivity index (χ0v) is 61.0. The lowest BCUT2D eigenvalue weighted by Crippen LogP contribution is -2.37. The second-order valence-electron chi connectivity index (χ2n) is 27.3. The van der Waals surface area contributed by atoms with Gasteiger partial charge in [0.15, 0.2) is 6.10 Å². The van der Waals surface area contributed by atoms with E-state index in [0.29, 0.717) is 17.4 Å². The van der Waals surface area contributed by atoms with Gasteiger partial charge in [-0.05, 0) is 83.5 Å². The van der Waals surface area contributed by atoms with Gasteiger partial charge in [0, 0.05) is 12.8 Å². The number of hydrogen-bond acceptors (Lipinski definition) is 8. The molecule has 0 saturated heterocycles. The Bertz CT molecular complexity index is 1750. The maximum atomic E-state index is 12.9. The molecule has 0 fully saturated rings. The molecule has 0 spiro atoms. The largest absolute Gasteiger partial charge is 0.756 e. The zero-order chi connectivity index (χ0) is 65.5. The van der Waals surface area contributed by atoms with Crippen LogP contribution in [-0.4, -0.2) is 70.0 Å². The fourth-order valence-electron chi connectivity index (χ4n) is 11.3. The molecule has 0 heterocycles. The second kappa shape index (κ2) is 70.8. The van der Waals surface area contributed by atoms with Crippen molar-refractivity contribution in [1.29, 1.82) is 0 Å². The molecule has 0 saturated carbocycles. The van der Waals surface area contributed by atoms with E-state index < -0.39 is 26.5 Å². The predicted octanol–water partition coefficient (Wildman–Crippen LogP) is 24.9. The zero-order valence-electron chi connectivity index (χ0n) is 60.1. The molecule has 0 bridgehead atoms. The Morgan fingerprint density at radius 2 is 0.633 bits per heavy atom. The number of unbranched alkanes of at least 4 members (excludes halogenated alkanes) is 46. The molecule has 0 aromatic carbocycles. The molecular weight excluding hydrogens is 1130 g/mol. The monoisotopic (exact) mass is 1280 g/mol. The number of likely N-dealkylation sites (N-methyl/N-ethyl adjacent to an activating group) is 1. The molecule has 9 nitrogen and oxygen atoms in total. The van der Waals surface area contributed by atoms with E-state index in [0.717, 1.165) is 64.2 Å². The van der Waals surface area contributed by atoms with Gasteiger partial charge in [-0.3, -0.25) is 14.2 Å². The average Bonchev–Trinajstić information content (AvgIpc) is 3.62. The lowest BCUT2D eigenvalue weighted by molar-refractivity contribution is -0.870. The first-order valence-electron chi connectivity index (χ1n) is 38.6. The molecule has 0 rings (SSSR count). The Morgan fingerprint density at radius 1 is 0.356 bits per heavy atom. The topological polar surface area (TPSA) is 111 Å². The summed E-state index contributed by atoms with van der Waals surface area (Å²) in [5.41, 5.74) is 0. The summed E-state index contributed by atoms with van der Waals surface area (Å²) < 4.78 is 34.4. The van der Waals surface area contributed by atoms with E-state index in [-0.39, 0.29) is 32.0 Å². The van der Waals surface area contributed by atoms with E-state index in [9.17, 15) is 19.0 Å². The second-order valence-corrected chi connectivity index (χ2v) is 28.8. The molecule has 0 aliphatic rings. The highest BCUT2D eigenvalue weighted by atomic mass is 31.2. The van der Waals surface area contributed by atoms with E-state index >= 15 is 0 Å². The van der Waals surface area contributed by atoms with Crippen LogP contribution in [0.25, 0.3) is 0 Å². The van der Waals surface area contributed by atoms with Gasteiger partial charge in [0.2, 0.25) is 0 Å². The van der Waals surface area contributed by atoms with Crippen LogP contribution in [-0.2, 0) is 32.7 Å². The normalized spacial score (nSPS) is 13.4. The molecule has 0 radical (unpaired) electrons. The van der Waals surface area contributed by atoms with Gasteiger partial charge < -0.3 is 27.9 Å². The van der Waals surface area contributed by atoms with Gasteiger partial charge in [0.25, 0.3) is 7.82 Å². The van der Waals surface area contributed by atoms with Crippen molar-refractivity contribution in [3.8, 4) is 0 Å². The number of quaternary nitrogens is 1. The average molecular weight is 1280 g/mol. The number of ether oxygens (including phenoxy) is 2. The van der Waals surface area contributed by atoms with Crippen molar-refractivity contribution in [3.63, 3.8) is 0 Å². The molecule has 0 N–H and O–H groups in total. The molecule has 10 heteroatoms. The first-order valence-corrected chi connectivity index (χ1v) is 40.1. The van der Waals surface area contributed by atoms with Gasteiger partial charge >= 0.3 is 11.9 Å². The summed E-state index contributed by atoms with van der Waals surface area (Å²) in [5, 5.41) is 0. The fourth-order valence-corrected chi connectivity index (χ4v) is 12.1. The van der Waals surface area contributed by atoms with Crippen molar-refractivity contribution in [2.75, 3.05) is 47.5 Å². The number of phosphoric ester groups is 1. The van der Waals surface area contributed by atoms with Gasteiger partial charge in [0.05, 0.1) is 27.7 Å². The Kier molecular flexibility index (Phi) is 68.8. The summed E-state index contributed by atoms with van der Waals surface area (Å²) in [5.74, 6) is -0.813. The lowest BCUT2D eigenvalue weighted by atomic mass is 10.0. The molecule has 0 aromatic heterocycles. The summed E-state index contributed by atoms with van der Waals surface area (Å²) in [6.45, 7) is 4.19. The van der Waals surface area contributed by atoms with Crippen LogP contribution in [0.1, 0.15) is 373 Å². The minimum Gasteiger partial charge on any atom is -0.756 e. The van der Waals surface area contributed by atoms with Crippen molar-refractivity contribution in [3.05, 3.63) is 72.9 Å². The van der Waals surface area contributed by atoms with Gasteiger partial charge in [-0.15, -0.1) is 0 Å². The van der Waals surface area contributed by atoms with Crippen LogP contribution in [0.2, 0.25) is 0 Å². The van der Waals surface area contributed by atoms with Gasteiger partial charge in [-0.2, -0.15) is 0 Å². The molecule has 2 atom stereocenters. The smallest absolute Gasteiger partial charge is 0.306 e. The molecule has 526 valence electrons. The number of nitrogens with zero attached hydrogens (tertiary/aromatic N) is 1. The molecule has 0 aromatic rings. The number of hydrogen-bond donors (Lipinski definition) is 0. The SMILES string of the molecule is CC/C=C\C/C=C\C/C=C\C/C=C\C/C=C\CCCCCCCCCCCCCCCCCCCCCCCCCCCC(=O)OC(COC(=O)CCCCCCCCCCCCCCC/C=C\CCCCCCCCCC)COP(=O)([O-])OCC[N+](C)(C)C. The highest BCUT2D eigenvalue weighted by molar-refractivity contribution is 7.45. The summed E-state index contributed by atoms with van der Waals surface area (Å²) in [6.07, 6.45) is 95.9. The maximum Gasteiger partial charge on any atom is 0.306 e. The number of allylic oxidation sites excluding steroid dienone is 12. The first-order chi connectivity index (χ1) is 44.0. The summed E-state index contributed by atoms with van der Waals surface area (Å²) >= 11 is 0. The lowest BCUT2D eigenvalue weighted by Gasteiger charge is -2.28. The predicted molar refractivity (Wildman–Crippen MR) is 388 cm³/mol. The van der Waals surface area contributed by atoms with Crippen molar-refractivity contribution in [2.24, 2.45) is 0 Å². The van der Waals surface area contributed by atoms with Crippen molar-refractivity contribution in [1.82, 2.24) is 0 Å². The number of carbonyl (C=O) groups excluding carboxylic acids is 2. The highest BCUT2D eigenvalue weighted by Crippen LogP contribution is 2.38. The highest BCUT2D eigenvalue weighted by Gasteiger charge is 2.22. The number of carbonyl (C=O) groups is 2. The van der Waals surface area contributed by atoms with Crippen LogP contribution in [0.5, 0.6) is 0 Å². The Balaban J connectivity index is 3.91. The Hall–Kier alpha value is -2.55. The first kappa shape index (κ1) is 87.5. The van der Waals surface area contributed by atoms with Gasteiger partial charge in [-0.1, -0.05) is 350 Å². The number of esters is 2. The quantitative estimate of drug-likeness (QED) is 0.0195. The van der Waals surface area contributed by atoms with E-state index in [2.05, 4.69) is 86.8 Å². The summed E-state index contributed by atoms with van der Waals surface area (Å²) in [7, 11) is 1.18. The van der Waals surface area contributed by atoms with Crippen LogP contribution in [0.3, 0.4) is 0 Å². The maximum absolute atomic E-state index is 12.9. The third-order valence-corrected chi connectivity index (χ3v) is 18.2. The molecule has 0 aliphatic heterocycles. The fraction of sp³-hybridized carbons (Fsp3) is 0.825. The van der Waals surface area contributed by atoms with E-state index in [4.69, 9.17) is 18.5 Å². The van der Waals surface area contributed by atoms with Crippen molar-refractivity contribution >= 4 is 19.8 Å². The summed E-state index contributed by atoms with van der Waals surface area (Å²) in [4.78, 5) is 38.1. The minimum atomic E-state index is -4.64. The van der Waals surface area contributed by atoms with E-state index in [1.54, 1.807) is 0 Å². The summed E-state index contributed by atoms with van der Waals surface area (Å²) in [6, 6.07) is 0. The standard InChI is InChI=1S/C80H148NO8P/c1-6-8-10-12-14-16-18-20-22-24-26-28-30-32-33-34-35-36-37-38-39-40-41-42-43-44-45-46-47-49-51-53-55-57-59-61-63-65-67-69-71-73-80(83)89-78(77-88-90(84,85)87-75-74-81(3,4)5)76-86-79(82)72-70-68-66-64-62-60-58-56-54-52-50-48-31-29-27-25-23-21-19-17-15-13-11-9-7-2/h8,10,14,16,20,22,25-28,32-33,78H,6-7,9,11-13,15,17-19,21,23-24,29-31,34-77H2,1-5H3/b10-8-,16-14-,22-20-,27-25-,28-26-,33-32-. The number of phosphoric acid groups is 1. The molecule has 90 heavy (non-hydrogen) atoms. The Labute approximate surface area is 559 Å². The van der Waals surface area contributed by atoms with E-state index in [1.165, 1.54) is 276 Å². The van der Waals surface area contributed by atoms with Gasteiger partial charge in [-0.25, -0.2) is 0 Å². The molecule has 0 amide bonds. The van der Waals surface area contributed by atoms with Crippen LogP contribution in [0.4, 0.5) is 0 Å². The number of rotatable bonds is 72. The van der Waals surface area contributed by atoms with Crippen LogP contribution in [0, 0.1) is 0 Å². The third kappa shape index (κ3) is 74.5. The van der Waals surface area contributed by atoms with E-state index in [1.807, 2.05) is 21.1 Å².